The van der Waals surface area contributed by atoms with E-state index in [-0.39, 0.29) is 17.2 Å². The van der Waals surface area contributed by atoms with E-state index < -0.39 is 10.0 Å². The lowest BCUT2D eigenvalue weighted by Gasteiger charge is -2.26. The first-order valence-electron chi connectivity index (χ1n) is 8.17. The number of halogens is 1. The second kappa shape index (κ2) is 8.30. The molecule has 8 heteroatoms. The summed E-state index contributed by atoms with van der Waals surface area (Å²) in [6.07, 6.45) is 0.208. The summed E-state index contributed by atoms with van der Waals surface area (Å²) in [5.74, 6) is -0.205. The van der Waals surface area contributed by atoms with Crippen LogP contribution in [0.5, 0.6) is 0 Å². The molecule has 3 rings (SSSR count). The van der Waals surface area contributed by atoms with E-state index in [1.165, 1.54) is 16.4 Å². The molecule has 0 bridgehead atoms. The molecule has 0 saturated carbocycles. The monoisotopic (exact) mass is 438 g/mol. The third-order valence-electron chi connectivity index (χ3n) is 3.98. The molecule has 2 aromatic carbocycles. The summed E-state index contributed by atoms with van der Waals surface area (Å²) < 4.78 is 32.9. The van der Waals surface area contributed by atoms with Crippen molar-refractivity contribution in [2.24, 2.45) is 0 Å². The van der Waals surface area contributed by atoms with Crippen molar-refractivity contribution in [3.63, 3.8) is 0 Å². The van der Waals surface area contributed by atoms with E-state index >= 15 is 0 Å². The maximum absolute atomic E-state index is 12.7. The Hall–Kier alpha value is -1.74. The number of sulfonamides is 1. The highest BCUT2D eigenvalue weighted by Crippen LogP contribution is 2.21. The summed E-state index contributed by atoms with van der Waals surface area (Å²) >= 11 is 3.38. The van der Waals surface area contributed by atoms with E-state index in [9.17, 15) is 13.2 Å². The van der Waals surface area contributed by atoms with Gasteiger partial charge in [-0.15, -0.1) is 0 Å². The number of carbonyl (C=O) groups is 1. The van der Waals surface area contributed by atoms with Gasteiger partial charge < -0.3 is 10.1 Å². The minimum atomic E-state index is -3.59. The van der Waals surface area contributed by atoms with Crippen LogP contribution < -0.4 is 5.32 Å². The van der Waals surface area contributed by atoms with E-state index in [0.717, 1.165) is 10.0 Å². The van der Waals surface area contributed by atoms with Crippen LogP contribution in [-0.4, -0.2) is 44.9 Å². The molecule has 26 heavy (non-hydrogen) atoms. The first-order valence-corrected chi connectivity index (χ1v) is 10.4. The second-order valence-electron chi connectivity index (χ2n) is 5.90. The Morgan fingerprint density at radius 3 is 2.58 bits per heavy atom. The summed E-state index contributed by atoms with van der Waals surface area (Å²) in [7, 11) is -3.59. The topological polar surface area (TPSA) is 75.7 Å². The lowest BCUT2D eigenvalue weighted by Crippen LogP contribution is -2.40. The fourth-order valence-corrected chi connectivity index (χ4v) is 4.61. The van der Waals surface area contributed by atoms with Crippen LogP contribution in [0, 0.1) is 0 Å². The Bertz CT molecular complexity index is 896. The lowest BCUT2D eigenvalue weighted by molar-refractivity contribution is -0.115. The molecule has 1 N–H and O–H groups in total. The number of benzene rings is 2. The minimum Gasteiger partial charge on any atom is -0.379 e. The van der Waals surface area contributed by atoms with Gasteiger partial charge in [-0.2, -0.15) is 4.31 Å². The van der Waals surface area contributed by atoms with Gasteiger partial charge in [0.1, 0.15) is 0 Å². The normalized spacial score (nSPS) is 15.6. The Balaban J connectivity index is 1.71. The molecule has 6 nitrogen and oxygen atoms in total. The van der Waals surface area contributed by atoms with Crippen LogP contribution in [0.4, 0.5) is 5.69 Å². The molecule has 1 amide bonds. The molecule has 1 fully saturated rings. The number of rotatable bonds is 5. The number of hydrogen-bond donors (Lipinski definition) is 1. The zero-order valence-electron chi connectivity index (χ0n) is 14.0. The smallest absolute Gasteiger partial charge is 0.243 e. The number of hydrogen-bond acceptors (Lipinski definition) is 4. The van der Waals surface area contributed by atoms with Gasteiger partial charge in [-0.3, -0.25) is 4.79 Å². The van der Waals surface area contributed by atoms with E-state index in [4.69, 9.17) is 4.74 Å². The van der Waals surface area contributed by atoms with Gasteiger partial charge in [-0.05, 0) is 35.9 Å². The molecule has 1 saturated heterocycles. The number of nitrogens with zero attached hydrogens (tertiary/aromatic N) is 1. The number of carbonyl (C=O) groups excluding carboxylic acids is 1. The van der Waals surface area contributed by atoms with Gasteiger partial charge in [0.15, 0.2) is 0 Å². The molecule has 0 radical (unpaired) electrons. The van der Waals surface area contributed by atoms with Crippen molar-refractivity contribution < 1.29 is 17.9 Å². The van der Waals surface area contributed by atoms with Gasteiger partial charge in [-0.1, -0.05) is 34.1 Å². The predicted molar refractivity (Wildman–Crippen MR) is 102 cm³/mol. The highest BCUT2D eigenvalue weighted by Gasteiger charge is 2.26. The Morgan fingerprint density at radius 1 is 1.12 bits per heavy atom. The average Bonchev–Trinajstić information content (AvgIpc) is 2.62. The first-order chi connectivity index (χ1) is 12.4. The largest absolute Gasteiger partial charge is 0.379 e. The number of anilines is 1. The van der Waals surface area contributed by atoms with Crippen LogP contribution in [0.15, 0.2) is 57.9 Å². The van der Waals surface area contributed by atoms with Crippen LogP contribution in [0.2, 0.25) is 0 Å². The molecule has 0 spiro atoms. The first kappa shape index (κ1) is 19.0. The maximum Gasteiger partial charge on any atom is 0.243 e. The highest BCUT2D eigenvalue weighted by atomic mass is 79.9. The number of morpholine rings is 1. The zero-order valence-corrected chi connectivity index (χ0v) is 16.4. The van der Waals surface area contributed by atoms with Crippen molar-refractivity contribution in [1.29, 1.82) is 0 Å². The van der Waals surface area contributed by atoms with Gasteiger partial charge in [0.2, 0.25) is 15.9 Å². The van der Waals surface area contributed by atoms with Gasteiger partial charge in [0, 0.05) is 23.2 Å². The van der Waals surface area contributed by atoms with Crippen LogP contribution >= 0.6 is 15.9 Å². The summed E-state index contributed by atoms with van der Waals surface area (Å²) in [4.78, 5) is 12.4. The molecule has 138 valence electrons. The van der Waals surface area contributed by atoms with Crippen molar-refractivity contribution in [1.82, 2.24) is 4.31 Å². The Labute approximate surface area is 161 Å². The Morgan fingerprint density at radius 2 is 1.85 bits per heavy atom. The predicted octanol–water partition coefficient (Wildman–Crippen LogP) is 2.65. The van der Waals surface area contributed by atoms with E-state index in [1.807, 2.05) is 24.3 Å². The van der Waals surface area contributed by atoms with Crippen molar-refractivity contribution in [2.45, 2.75) is 11.3 Å². The molecule has 0 unspecified atom stereocenters. The Kier molecular flexibility index (Phi) is 6.08. The van der Waals surface area contributed by atoms with Crippen LogP contribution in [-0.2, 0) is 26.0 Å². The number of ether oxygens (including phenoxy) is 1. The third-order valence-corrected chi connectivity index (χ3v) is 6.37. The average molecular weight is 439 g/mol. The van der Waals surface area contributed by atoms with Gasteiger partial charge in [0.05, 0.1) is 24.5 Å². The molecular weight excluding hydrogens is 420 g/mol. The molecule has 1 heterocycles. The van der Waals surface area contributed by atoms with E-state index in [0.29, 0.717) is 32.0 Å². The fourth-order valence-electron chi connectivity index (χ4n) is 2.71. The van der Waals surface area contributed by atoms with Crippen molar-refractivity contribution >= 4 is 37.5 Å². The summed E-state index contributed by atoms with van der Waals surface area (Å²) in [6.45, 7) is 1.45. The molecule has 0 aliphatic carbocycles. The lowest BCUT2D eigenvalue weighted by atomic mass is 10.1. The molecular formula is C18H19BrN2O4S. The highest BCUT2D eigenvalue weighted by molar-refractivity contribution is 9.10. The summed E-state index contributed by atoms with van der Waals surface area (Å²) in [5.41, 5.74) is 1.33. The van der Waals surface area contributed by atoms with E-state index in [2.05, 4.69) is 21.2 Å². The van der Waals surface area contributed by atoms with Crippen LogP contribution in [0.25, 0.3) is 0 Å². The third kappa shape index (κ3) is 4.70. The van der Waals surface area contributed by atoms with Crippen LogP contribution in [0.3, 0.4) is 0 Å². The molecule has 0 atom stereocenters. The second-order valence-corrected chi connectivity index (χ2v) is 8.75. The minimum absolute atomic E-state index is 0.166. The van der Waals surface area contributed by atoms with Crippen LogP contribution in [0.1, 0.15) is 5.56 Å². The van der Waals surface area contributed by atoms with Crippen molar-refractivity contribution in [3.8, 4) is 0 Å². The molecule has 0 aromatic heterocycles. The standard InChI is InChI=1S/C18H19BrN2O4S/c19-15-4-1-3-14(11-15)12-18(22)20-16-5-2-6-17(13-16)26(23,24)21-7-9-25-10-8-21/h1-6,11,13H,7-10,12H2,(H,20,22). The van der Waals surface area contributed by atoms with Gasteiger partial charge in [0.25, 0.3) is 0 Å². The van der Waals surface area contributed by atoms with Crippen molar-refractivity contribution in [2.75, 3.05) is 31.6 Å². The van der Waals surface area contributed by atoms with E-state index in [1.54, 1.807) is 12.1 Å². The molecule has 1 aliphatic rings. The van der Waals surface area contributed by atoms with Crippen molar-refractivity contribution in [3.05, 3.63) is 58.6 Å². The molecule has 1 aliphatic heterocycles. The molecule has 2 aromatic rings. The van der Waals surface area contributed by atoms with Gasteiger partial charge in [-0.25, -0.2) is 8.42 Å². The summed E-state index contributed by atoms with van der Waals surface area (Å²) in [5, 5.41) is 2.76. The SMILES string of the molecule is O=C(Cc1cccc(Br)c1)Nc1cccc(S(=O)(=O)N2CCOCC2)c1. The zero-order chi connectivity index (χ0) is 18.6. The number of nitrogens with one attached hydrogen (secondary N) is 1. The number of amides is 1. The maximum atomic E-state index is 12.7. The van der Waals surface area contributed by atoms with Gasteiger partial charge >= 0.3 is 0 Å². The summed E-state index contributed by atoms with van der Waals surface area (Å²) in [6, 6.07) is 13.8. The fraction of sp³-hybridized carbons (Fsp3) is 0.278. The quantitative estimate of drug-likeness (QED) is 0.778.